The maximum absolute atomic E-state index is 13.9. The lowest BCUT2D eigenvalue weighted by Gasteiger charge is -2.28. The van der Waals surface area contributed by atoms with Gasteiger partial charge in [-0.05, 0) is 72.8 Å². The normalized spacial score (nSPS) is 18.7. The van der Waals surface area contributed by atoms with Gasteiger partial charge in [-0.2, -0.15) is 5.26 Å². The third-order valence-electron chi connectivity index (χ3n) is 6.67. The van der Waals surface area contributed by atoms with Crippen molar-refractivity contribution in [2.45, 2.75) is 64.2 Å². The fourth-order valence-electron chi connectivity index (χ4n) is 4.71. The van der Waals surface area contributed by atoms with E-state index in [1.807, 2.05) is 30.3 Å². The van der Waals surface area contributed by atoms with Gasteiger partial charge in [-0.15, -0.1) is 0 Å². The van der Waals surface area contributed by atoms with Crippen molar-refractivity contribution in [2.75, 3.05) is 6.67 Å². The van der Waals surface area contributed by atoms with Gasteiger partial charge >= 0.3 is 0 Å². The summed E-state index contributed by atoms with van der Waals surface area (Å²) in [5.74, 6) is -0.0312. The van der Waals surface area contributed by atoms with Crippen LogP contribution in [0.4, 0.5) is 13.2 Å². The molecule has 0 amide bonds. The number of nitrogens with zero attached hydrogens (tertiary/aromatic N) is 1. The fraction of sp³-hybridized carbons (Fsp3) is 0.464. The Labute approximate surface area is 190 Å². The highest BCUT2D eigenvalue weighted by Crippen LogP contribution is 2.34. The molecule has 0 atom stereocenters. The number of nitriles is 1. The van der Waals surface area contributed by atoms with Gasteiger partial charge in [-0.3, -0.25) is 4.39 Å². The molecule has 0 saturated heterocycles. The Morgan fingerprint density at radius 3 is 2.03 bits per heavy atom. The third kappa shape index (κ3) is 6.99. The molecule has 1 saturated carbocycles. The molecule has 1 aliphatic rings. The lowest BCUT2D eigenvalue weighted by Crippen LogP contribution is -2.15. The first-order valence-corrected chi connectivity index (χ1v) is 11.8. The monoisotopic (exact) mass is 439 g/mol. The first kappa shape index (κ1) is 24.1. The predicted molar refractivity (Wildman–Crippen MR) is 124 cm³/mol. The zero-order valence-corrected chi connectivity index (χ0v) is 18.6. The maximum atomic E-state index is 13.9. The van der Waals surface area contributed by atoms with Crippen molar-refractivity contribution in [1.82, 2.24) is 0 Å². The van der Waals surface area contributed by atoms with E-state index in [0.717, 1.165) is 30.2 Å². The molecule has 0 bridgehead atoms. The third-order valence-corrected chi connectivity index (χ3v) is 6.67. The van der Waals surface area contributed by atoms with E-state index in [9.17, 15) is 13.2 Å². The average Bonchev–Trinajstić information content (AvgIpc) is 2.81. The van der Waals surface area contributed by atoms with Crippen LogP contribution in [0.5, 0.6) is 0 Å². The Balaban J connectivity index is 1.41. The number of rotatable bonds is 10. The highest BCUT2D eigenvalue weighted by Gasteiger charge is 2.20. The van der Waals surface area contributed by atoms with Crippen molar-refractivity contribution < 1.29 is 13.2 Å². The van der Waals surface area contributed by atoms with Crippen molar-refractivity contribution in [2.24, 2.45) is 11.8 Å². The molecule has 32 heavy (non-hydrogen) atoms. The zero-order chi connectivity index (χ0) is 22.8. The van der Waals surface area contributed by atoms with Crippen LogP contribution in [0.15, 0.2) is 48.6 Å². The molecule has 3 rings (SSSR count). The summed E-state index contributed by atoms with van der Waals surface area (Å²) in [4.78, 5) is 0. The molecule has 0 radical (unpaired) electrons. The minimum absolute atomic E-state index is 0.262. The summed E-state index contributed by atoms with van der Waals surface area (Å²) in [7, 11) is 0. The first-order chi connectivity index (χ1) is 15.6. The molecule has 2 aromatic carbocycles. The molecule has 0 N–H and O–H groups in total. The summed E-state index contributed by atoms with van der Waals surface area (Å²) in [6, 6.07) is 11.9. The molecule has 0 unspecified atom stereocenters. The van der Waals surface area contributed by atoms with Gasteiger partial charge in [0.1, 0.15) is 23.3 Å². The number of allylic oxidation sites excluding steroid dienone is 2. The van der Waals surface area contributed by atoms with Crippen LogP contribution in [0.3, 0.4) is 0 Å². The van der Waals surface area contributed by atoms with E-state index in [-0.39, 0.29) is 6.67 Å². The van der Waals surface area contributed by atoms with Crippen LogP contribution in [-0.4, -0.2) is 6.67 Å². The number of hydrogen-bond donors (Lipinski definition) is 0. The molecule has 0 aromatic heterocycles. The number of unbranched alkanes of at least 4 members (excludes halogenated alkanes) is 1. The smallest absolute Gasteiger partial charge is 0.144 e. The summed E-state index contributed by atoms with van der Waals surface area (Å²) in [6.45, 7) is -0.262. The highest BCUT2D eigenvalue weighted by atomic mass is 19.1. The van der Waals surface area contributed by atoms with Crippen LogP contribution in [0.1, 0.15) is 68.9 Å². The quantitative estimate of drug-likeness (QED) is 0.270. The van der Waals surface area contributed by atoms with Crippen LogP contribution in [0.2, 0.25) is 0 Å². The molecule has 0 aliphatic heterocycles. The molecular formula is C28H32F3N. The van der Waals surface area contributed by atoms with Crippen molar-refractivity contribution in [3.05, 3.63) is 71.3 Å². The second-order valence-electron chi connectivity index (χ2n) is 8.93. The molecular weight excluding hydrogens is 407 g/mol. The second-order valence-corrected chi connectivity index (χ2v) is 8.93. The SMILES string of the molecule is N#Cc1c(F)cc(-c2ccc(CC[C@H]3CC[C@H](CCCC=CCCF)CC3)cc2)cc1F. The Morgan fingerprint density at radius 1 is 0.844 bits per heavy atom. The van der Waals surface area contributed by atoms with Gasteiger partial charge in [0.05, 0.1) is 6.67 Å². The molecule has 1 fully saturated rings. The van der Waals surface area contributed by atoms with Crippen LogP contribution in [-0.2, 0) is 6.42 Å². The van der Waals surface area contributed by atoms with E-state index in [4.69, 9.17) is 5.26 Å². The lowest BCUT2D eigenvalue weighted by molar-refractivity contribution is 0.250. The number of alkyl halides is 1. The van der Waals surface area contributed by atoms with E-state index < -0.39 is 17.2 Å². The van der Waals surface area contributed by atoms with Crippen LogP contribution >= 0.6 is 0 Å². The van der Waals surface area contributed by atoms with E-state index in [2.05, 4.69) is 6.08 Å². The van der Waals surface area contributed by atoms with Crippen LogP contribution in [0.25, 0.3) is 11.1 Å². The van der Waals surface area contributed by atoms with Crippen molar-refractivity contribution in [1.29, 1.82) is 5.26 Å². The van der Waals surface area contributed by atoms with E-state index >= 15 is 0 Å². The summed E-state index contributed by atoms with van der Waals surface area (Å²) in [5.41, 5.74) is 1.90. The Kier molecular flexibility index (Phi) is 9.41. The van der Waals surface area contributed by atoms with Crippen molar-refractivity contribution >= 4 is 0 Å². The summed E-state index contributed by atoms with van der Waals surface area (Å²) < 4.78 is 39.8. The highest BCUT2D eigenvalue weighted by molar-refractivity contribution is 5.65. The fourth-order valence-corrected chi connectivity index (χ4v) is 4.71. The van der Waals surface area contributed by atoms with Crippen LogP contribution < -0.4 is 0 Å². The number of hydrogen-bond acceptors (Lipinski definition) is 1. The minimum Gasteiger partial charge on any atom is -0.251 e. The molecule has 0 spiro atoms. The van der Waals surface area contributed by atoms with Crippen molar-refractivity contribution in [3.63, 3.8) is 0 Å². The summed E-state index contributed by atoms with van der Waals surface area (Å²) >= 11 is 0. The minimum atomic E-state index is -0.824. The summed E-state index contributed by atoms with van der Waals surface area (Å²) in [6.07, 6.45) is 15.6. The van der Waals surface area contributed by atoms with Crippen LogP contribution in [0, 0.1) is 34.8 Å². The molecule has 0 heterocycles. The number of benzene rings is 2. The molecule has 1 aliphatic carbocycles. The average molecular weight is 440 g/mol. The van der Waals surface area contributed by atoms with Gasteiger partial charge in [0, 0.05) is 0 Å². The summed E-state index contributed by atoms with van der Waals surface area (Å²) in [5, 5.41) is 8.81. The maximum Gasteiger partial charge on any atom is 0.144 e. The number of aryl methyl sites for hydroxylation is 1. The predicted octanol–water partition coefficient (Wildman–Crippen LogP) is 8.33. The molecule has 4 heteroatoms. The van der Waals surface area contributed by atoms with Gasteiger partial charge < -0.3 is 0 Å². The standard InChI is InChI=1S/C28H32F3N/c29-17-5-3-1-2-4-6-21-7-9-22(10-8-21)11-12-23-13-15-24(16-14-23)25-18-27(30)26(20-32)28(31)19-25/h1,3,13-16,18-19,21-22H,2,4-12,17H2/t21-,22-. The molecule has 2 aromatic rings. The van der Waals surface area contributed by atoms with E-state index in [0.29, 0.717) is 12.0 Å². The first-order valence-electron chi connectivity index (χ1n) is 11.8. The van der Waals surface area contributed by atoms with Gasteiger partial charge in [-0.1, -0.05) is 68.5 Å². The Bertz CT molecular complexity index is 896. The second kappa shape index (κ2) is 12.5. The largest absolute Gasteiger partial charge is 0.251 e. The van der Waals surface area contributed by atoms with Crippen molar-refractivity contribution in [3.8, 4) is 17.2 Å². The lowest BCUT2D eigenvalue weighted by atomic mass is 9.78. The van der Waals surface area contributed by atoms with Gasteiger partial charge in [0.25, 0.3) is 0 Å². The zero-order valence-electron chi connectivity index (χ0n) is 18.6. The Hall–Kier alpha value is -2.54. The molecule has 170 valence electrons. The van der Waals surface area contributed by atoms with E-state index in [1.165, 1.54) is 62.6 Å². The van der Waals surface area contributed by atoms with Gasteiger partial charge in [0.2, 0.25) is 0 Å². The van der Waals surface area contributed by atoms with Gasteiger partial charge in [0.15, 0.2) is 0 Å². The molecule has 1 nitrogen and oxygen atoms in total. The number of halogens is 3. The van der Waals surface area contributed by atoms with Gasteiger partial charge in [-0.25, -0.2) is 8.78 Å². The van der Waals surface area contributed by atoms with E-state index in [1.54, 1.807) is 6.07 Å². The Morgan fingerprint density at radius 2 is 1.44 bits per heavy atom. The topological polar surface area (TPSA) is 23.8 Å².